The number of hydrogen-bond donors (Lipinski definition) is 4. The zero-order valence-electron chi connectivity index (χ0n) is 18.0. The van der Waals surface area contributed by atoms with Crippen LogP contribution in [0.3, 0.4) is 0 Å². The van der Waals surface area contributed by atoms with E-state index in [9.17, 15) is 34.2 Å². The first-order valence-electron chi connectivity index (χ1n) is 9.92. The maximum absolute atomic E-state index is 13.1. The molecule has 3 aliphatic heterocycles. The number of nitrogen functional groups attached to an aromatic ring is 1. The molecule has 0 aliphatic carbocycles. The van der Waals surface area contributed by atoms with Crippen molar-refractivity contribution in [2.75, 3.05) is 11.5 Å². The van der Waals surface area contributed by atoms with Crippen LogP contribution < -0.4 is 11.1 Å². The van der Waals surface area contributed by atoms with E-state index in [2.05, 4.69) is 15.5 Å². The number of carbonyl (C=O) groups is 5. The Balaban J connectivity index is 1.60. The Bertz CT molecular complexity index is 1190. The Labute approximate surface area is 209 Å². The van der Waals surface area contributed by atoms with E-state index in [0.29, 0.717) is 0 Å². The van der Waals surface area contributed by atoms with Gasteiger partial charge in [-0.05, 0) is 13.8 Å². The highest BCUT2D eigenvalue weighted by Crippen LogP contribution is 2.51. The number of rotatable bonds is 7. The number of aromatic nitrogens is 1. The topological polar surface area (TPSA) is 211 Å². The molecule has 0 saturated carbocycles. The smallest absolute Gasteiger partial charge is 0.370 e. The predicted molar refractivity (Wildman–Crippen MR) is 120 cm³/mol. The molecule has 2 amide bonds. The molecule has 3 aliphatic rings. The standard InChI is InChI=1S/C18H18ClN5O9S2/c1-17(2,14(28)29)33-23-8(7-10(19)35-16(20)22-7)11(26)21-9-12(27)24-13(9)34-4-5-3-6(25)32-18(5,24)15(30)31/h5,9,13H,3-4H2,1-2H3,(H2,20,22)(H,21,26)(H,28,29)(H,30,31)/b23-8-/t5-,9+,13+,18+/m0/s1. The van der Waals surface area contributed by atoms with E-state index in [1.165, 1.54) is 25.6 Å². The van der Waals surface area contributed by atoms with Gasteiger partial charge in [-0.15, -0.1) is 11.8 Å². The number of amides is 2. The molecule has 0 bridgehead atoms. The summed E-state index contributed by atoms with van der Waals surface area (Å²) in [7, 11) is 0. The number of esters is 1. The quantitative estimate of drug-likeness (QED) is 0.150. The van der Waals surface area contributed by atoms with Gasteiger partial charge >= 0.3 is 17.9 Å². The molecule has 0 aromatic carbocycles. The van der Waals surface area contributed by atoms with Gasteiger partial charge in [0.05, 0.1) is 6.42 Å². The lowest BCUT2D eigenvalue weighted by Gasteiger charge is -2.56. The lowest BCUT2D eigenvalue weighted by Crippen LogP contribution is -2.80. The molecule has 0 radical (unpaired) electrons. The molecule has 35 heavy (non-hydrogen) atoms. The number of thioether (sulfide) groups is 1. The largest absolute Gasteiger partial charge is 0.478 e. The van der Waals surface area contributed by atoms with Crippen molar-refractivity contribution in [3.63, 3.8) is 0 Å². The number of anilines is 1. The molecule has 4 atom stereocenters. The Kier molecular flexibility index (Phi) is 6.09. The average Bonchev–Trinajstić information content (AvgIpc) is 3.28. The highest BCUT2D eigenvalue weighted by atomic mass is 35.5. The van der Waals surface area contributed by atoms with Crippen LogP contribution in [0, 0.1) is 5.92 Å². The Morgan fingerprint density at radius 1 is 1.37 bits per heavy atom. The van der Waals surface area contributed by atoms with E-state index in [-0.39, 0.29) is 27.3 Å². The highest BCUT2D eigenvalue weighted by molar-refractivity contribution is 8.00. The van der Waals surface area contributed by atoms with Gasteiger partial charge in [0.1, 0.15) is 21.4 Å². The highest BCUT2D eigenvalue weighted by Gasteiger charge is 2.71. The summed E-state index contributed by atoms with van der Waals surface area (Å²) in [5, 5.41) is 24.3. The lowest BCUT2D eigenvalue weighted by molar-refractivity contribution is -0.215. The molecule has 188 valence electrons. The number of halogens is 1. The number of β-lactam (4-membered cyclic amide) rings is 1. The summed E-state index contributed by atoms with van der Waals surface area (Å²) in [5.41, 5.74) is 0.948. The molecule has 1 aromatic rings. The van der Waals surface area contributed by atoms with E-state index >= 15 is 0 Å². The van der Waals surface area contributed by atoms with Crippen molar-refractivity contribution in [3.8, 4) is 0 Å². The molecule has 4 heterocycles. The summed E-state index contributed by atoms with van der Waals surface area (Å²) in [6.45, 7) is 2.39. The lowest BCUT2D eigenvalue weighted by atomic mass is 9.89. The summed E-state index contributed by atoms with van der Waals surface area (Å²) < 4.78 is 5.07. The number of carboxylic acid groups (broad SMARTS) is 2. The van der Waals surface area contributed by atoms with Gasteiger partial charge in [0, 0.05) is 11.7 Å². The summed E-state index contributed by atoms with van der Waals surface area (Å²) in [4.78, 5) is 71.2. The van der Waals surface area contributed by atoms with Gasteiger partial charge in [0.15, 0.2) is 10.8 Å². The van der Waals surface area contributed by atoms with E-state index in [1.807, 2.05) is 0 Å². The zero-order valence-corrected chi connectivity index (χ0v) is 20.4. The van der Waals surface area contributed by atoms with Gasteiger partial charge in [0.25, 0.3) is 17.5 Å². The van der Waals surface area contributed by atoms with Gasteiger partial charge in [-0.1, -0.05) is 28.1 Å². The van der Waals surface area contributed by atoms with Crippen LogP contribution in [-0.2, 0) is 33.5 Å². The molecule has 14 nitrogen and oxygen atoms in total. The fourth-order valence-corrected chi connectivity index (χ4v) is 6.26. The minimum Gasteiger partial charge on any atom is -0.478 e. The van der Waals surface area contributed by atoms with E-state index in [0.717, 1.165) is 16.2 Å². The van der Waals surface area contributed by atoms with Crippen molar-refractivity contribution < 1.29 is 43.8 Å². The minimum atomic E-state index is -2.14. The van der Waals surface area contributed by atoms with Crippen molar-refractivity contribution in [1.82, 2.24) is 15.2 Å². The minimum absolute atomic E-state index is 0.00535. The first-order chi connectivity index (χ1) is 16.3. The SMILES string of the molecule is CC(C)(O/N=C(\C(=O)N[C@@H]1C(=O)N2[C@@H]1SC[C@@H]1CC(=O)O[C@@]12C(=O)O)c1nc(N)sc1Cl)C(=O)O. The van der Waals surface area contributed by atoms with Crippen LogP contribution in [-0.4, -0.2) is 84.0 Å². The second-order valence-corrected chi connectivity index (χ2v) is 11.1. The van der Waals surface area contributed by atoms with Gasteiger partial charge in [-0.25, -0.2) is 14.6 Å². The van der Waals surface area contributed by atoms with E-state index in [1.54, 1.807) is 0 Å². The first-order valence-corrected chi connectivity index (χ1v) is 12.2. The Morgan fingerprint density at radius 3 is 2.63 bits per heavy atom. The maximum atomic E-state index is 13.1. The maximum Gasteiger partial charge on any atom is 0.370 e. The molecule has 0 unspecified atom stereocenters. The van der Waals surface area contributed by atoms with Crippen LogP contribution in [0.15, 0.2) is 5.16 Å². The second kappa shape index (κ2) is 8.53. The van der Waals surface area contributed by atoms with Gasteiger partial charge in [-0.3, -0.25) is 19.3 Å². The third kappa shape index (κ3) is 3.94. The number of hydrogen-bond acceptors (Lipinski definition) is 12. The molecule has 17 heteroatoms. The van der Waals surface area contributed by atoms with Crippen LogP contribution in [0.5, 0.6) is 0 Å². The Morgan fingerprint density at radius 2 is 2.06 bits per heavy atom. The van der Waals surface area contributed by atoms with Crippen molar-refractivity contribution in [1.29, 1.82) is 0 Å². The third-order valence-corrected chi connectivity index (χ3v) is 8.12. The average molecular weight is 548 g/mol. The van der Waals surface area contributed by atoms with E-state index in [4.69, 9.17) is 26.9 Å². The summed E-state index contributed by atoms with van der Waals surface area (Å²) in [5.74, 6) is -5.90. The third-order valence-electron chi connectivity index (χ3n) is 5.62. The molecule has 0 spiro atoms. The van der Waals surface area contributed by atoms with Crippen molar-refractivity contribution in [3.05, 3.63) is 10.0 Å². The number of thiazole rings is 1. The van der Waals surface area contributed by atoms with Gasteiger partial charge in [0.2, 0.25) is 5.60 Å². The first kappa shape index (κ1) is 25.0. The zero-order chi connectivity index (χ0) is 25.9. The Hall–Kier alpha value is -3.11. The number of ether oxygens (including phenoxy) is 1. The van der Waals surface area contributed by atoms with Crippen LogP contribution in [0.2, 0.25) is 4.34 Å². The van der Waals surface area contributed by atoms with Crippen LogP contribution in [0.1, 0.15) is 26.0 Å². The van der Waals surface area contributed by atoms with E-state index < -0.39 is 64.1 Å². The molecule has 5 N–H and O–H groups in total. The molecule has 3 saturated heterocycles. The molecule has 3 fully saturated rings. The second-order valence-electron chi connectivity index (χ2n) is 8.28. The fourth-order valence-electron chi connectivity index (χ4n) is 3.78. The van der Waals surface area contributed by atoms with Crippen LogP contribution in [0.4, 0.5) is 5.13 Å². The molecule has 4 rings (SSSR count). The number of nitrogens with two attached hydrogens (primary N) is 1. The molecular weight excluding hydrogens is 530 g/mol. The number of fused-ring (bicyclic) bond motifs is 3. The summed E-state index contributed by atoms with van der Waals surface area (Å²) >= 11 is 8.11. The van der Waals surface area contributed by atoms with Crippen LogP contribution >= 0.6 is 34.7 Å². The van der Waals surface area contributed by atoms with Gasteiger partial charge < -0.3 is 30.8 Å². The number of carbonyl (C=O) groups excluding carboxylic acids is 3. The van der Waals surface area contributed by atoms with Crippen molar-refractivity contribution in [2.24, 2.45) is 11.1 Å². The number of carboxylic acids is 2. The number of nitrogens with zero attached hydrogens (tertiary/aromatic N) is 3. The summed E-state index contributed by atoms with van der Waals surface area (Å²) in [6, 6.07) is -1.20. The number of nitrogens with one attached hydrogen (secondary N) is 1. The summed E-state index contributed by atoms with van der Waals surface area (Å²) in [6.07, 6.45) is -0.149. The monoisotopic (exact) mass is 547 g/mol. The predicted octanol–water partition coefficient (Wildman–Crippen LogP) is -0.293. The van der Waals surface area contributed by atoms with Gasteiger partial charge in [-0.2, -0.15) is 0 Å². The van der Waals surface area contributed by atoms with Crippen molar-refractivity contribution >= 4 is 75.3 Å². The normalized spacial score (nSPS) is 27.9. The number of oxime groups is 1. The number of aliphatic carboxylic acids is 2. The fraction of sp³-hybridized carbons (Fsp3) is 0.500. The van der Waals surface area contributed by atoms with Crippen molar-refractivity contribution in [2.45, 2.75) is 43.0 Å². The molecular formula is C18H18ClN5O9S2. The molecule has 1 aromatic heterocycles. The van der Waals surface area contributed by atoms with Crippen LogP contribution in [0.25, 0.3) is 0 Å².